The summed E-state index contributed by atoms with van der Waals surface area (Å²) in [6.45, 7) is 0. The van der Waals surface area contributed by atoms with E-state index in [1.54, 1.807) is 6.07 Å². The summed E-state index contributed by atoms with van der Waals surface area (Å²) in [5, 5.41) is 0.652. The number of anilines is 1. The van der Waals surface area contributed by atoms with Crippen LogP contribution in [0.2, 0.25) is 10.0 Å². The second-order valence-corrected chi connectivity index (χ2v) is 4.77. The summed E-state index contributed by atoms with van der Waals surface area (Å²) >= 11 is 11.6. The second kappa shape index (κ2) is 5.42. The van der Waals surface area contributed by atoms with E-state index >= 15 is 0 Å². The Labute approximate surface area is 122 Å². The van der Waals surface area contributed by atoms with Gasteiger partial charge < -0.3 is 10.5 Å². The van der Waals surface area contributed by atoms with Gasteiger partial charge in [0.1, 0.15) is 11.5 Å². The third kappa shape index (κ3) is 3.29. The van der Waals surface area contributed by atoms with Crippen LogP contribution in [0, 0.1) is 0 Å². The van der Waals surface area contributed by atoms with Crippen molar-refractivity contribution in [3.63, 3.8) is 0 Å². The largest absolute Gasteiger partial charge is 0.454 e. The van der Waals surface area contributed by atoms with E-state index in [-0.39, 0.29) is 22.2 Å². The SMILES string of the molecule is Nc1cc(C(F)(F)F)ccc1Oc1ccc(Cl)cc1Cl. The lowest BCUT2D eigenvalue weighted by atomic mass is 10.2. The molecule has 0 unspecified atom stereocenters. The van der Waals surface area contributed by atoms with E-state index in [0.29, 0.717) is 5.02 Å². The maximum atomic E-state index is 12.5. The van der Waals surface area contributed by atoms with Crippen LogP contribution in [0.3, 0.4) is 0 Å². The predicted molar refractivity (Wildman–Crippen MR) is 72.4 cm³/mol. The van der Waals surface area contributed by atoms with Crippen LogP contribution < -0.4 is 10.5 Å². The van der Waals surface area contributed by atoms with E-state index in [0.717, 1.165) is 18.2 Å². The smallest absolute Gasteiger partial charge is 0.416 e. The summed E-state index contributed by atoms with van der Waals surface area (Å²) in [6.07, 6.45) is -4.45. The standard InChI is InChI=1S/C13H8Cl2F3NO/c14-8-2-4-11(9(15)6-8)20-12-3-1-7(5-10(12)19)13(16,17)18/h1-6H,19H2. The number of nitrogens with two attached hydrogens (primary N) is 1. The summed E-state index contributed by atoms with van der Waals surface area (Å²) in [4.78, 5) is 0. The van der Waals surface area contributed by atoms with Crippen LogP contribution in [0.15, 0.2) is 36.4 Å². The van der Waals surface area contributed by atoms with Crippen molar-refractivity contribution in [2.24, 2.45) is 0 Å². The van der Waals surface area contributed by atoms with Gasteiger partial charge in [0.05, 0.1) is 16.3 Å². The fraction of sp³-hybridized carbons (Fsp3) is 0.0769. The Morgan fingerprint density at radius 3 is 2.15 bits per heavy atom. The number of alkyl halides is 3. The van der Waals surface area contributed by atoms with Gasteiger partial charge in [-0.05, 0) is 36.4 Å². The van der Waals surface area contributed by atoms with Gasteiger partial charge in [0.2, 0.25) is 0 Å². The van der Waals surface area contributed by atoms with E-state index in [1.807, 2.05) is 0 Å². The first-order valence-electron chi connectivity index (χ1n) is 5.37. The molecule has 2 N–H and O–H groups in total. The number of ether oxygens (including phenoxy) is 1. The number of nitrogen functional groups attached to an aromatic ring is 1. The molecule has 2 aromatic carbocycles. The minimum Gasteiger partial charge on any atom is -0.454 e. The molecule has 0 amide bonds. The van der Waals surface area contributed by atoms with Crippen molar-refractivity contribution < 1.29 is 17.9 Å². The summed E-state index contributed by atoms with van der Waals surface area (Å²) in [5.74, 6) is 0.338. The molecule has 2 nitrogen and oxygen atoms in total. The molecule has 106 valence electrons. The molecule has 20 heavy (non-hydrogen) atoms. The van der Waals surface area contributed by atoms with Gasteiger partial charge in [0.15, 0.2) is 0 Å². The first-order valence-corrected chi connectivity index (χ1v) is 6.12. The van der Waals surface area contributed by atoms with Crippen LogP contribution in [-0.4, -0.2) is 0 Å². The Morgan fingerprint density at radius 2 is 1.60 bits per heavy atom. The Balaban J connectivity index is 2.30. The fourth-order valence-electron chi connectivity index (χ4n) is 1.49. The van der Waals surface area contributed by atoms with Crippen LogP contribution in [0.5, 0.6) is 11.5 Å². The lowest BCUT2D eigenvalue weighted by molar-refractivity contribution is -0.137. The number of halogens is 5. The van der Waals surface area contributed by atoms with E-state index in [1.165, 1.54) is 12.1 Å². The highest BCUT2D eigenvalue weighted by atomic mass is 35.5. The normalized spacial score (nSPS) is 11.4. The average Bonchev–Trinajstić information content (AvgIpc) is 2.33. The van der Waals surface area contributed by atoms with Crippen LogP contribution in [-0.2, 0) is 6.18 Å². The van der Waals surface area contributed by atoms with Crippen LogP contribution in [0.25, 0.3) is 0 Å². The molecule has 0 radical (unpaired) electrons. The van der Waals surface area contributed by atoms with Gasteiger partial charge in [-0.25, -0.2) is 0 Å². The first-order chi connectivity index (χ1) is 9.27. The third-order valence-electron chi connectivity index (χ3n) is 2.45. The van der Waals surface area contributed by atoms with Gasteiger partial charge in [0, 0.05) is 5.02 Å². The molecule has 0 heterocycles. The lowest BCUT2D eigenvalue weighted by Gasteiger charge is -2.12. The summed E-state index contributed by atoms with van der Waals surface area (Å²) in [7, 11) is 0. The summed E-state index contributed by atoms with van der Waals surface area (Å²) < 4.78 is 42.9. The topological polar surface area (TPSA) is 35.2 Å². The summed E-state index contributed by atoms with van der Waals surface area (Å²) in [5.41, 5.74) is 4.58. The van der Waals surface area contributed by atoms with Crippen molar-refractivity contribution in [1.82, 2.24) is 0 Å². The van der Waals surface area contributed by atoms with Crippen molar-refractivity contribution in [2.45, 2.75) is 6.18 Å². The number of hydrogen-bond acceptors (Lipinski definition) is 2. The quantitative estimate of drug-likeness (QED) is 0.753. The highest BCUT2D eigenvalue weighted by Gasteiger charge is 2.31. The first kappa shape index (κ1) is 14.8. The molecule has 7 heteroatoms. The molecular formula is C13H8Cl2F3NO. The zero-order valence-electron chi connectivity index (χ0n) is 9.84. The van der Waals surface area contributed by atoms with Crippen molar-refractivity contribution in [3.8, 4) is 11.5 Å². The van der Waals surface area contributed by atoms with Crippen LogP contribution in [0.4, 0.5) is 18.9 Å². The van der Waals surface area contributed by atoms with Gasteiger partial charge in [-0.3, -0.25) is 0 Å². The minimum atomic E-state index is -4.45. The van der Waals surface area contributed by atoms with E-state index in [2.05, 4.69) is 0 Å². The van der Waals surface area contributed by atoms with Gasteiger partial charge in [-0.15, -0.1) is 0 Å². The lowest BCUT2D eigenvalue weighted by Crippen LogP contribution is -2.06. The van der Waals surface area contributed by atoms with Crippen molar-refractivity contribution in [2.75, 3.05) is 5.73 Å². The van der Waals surface area contributed by atoms with Gasteiger partial charge in [-0.2, -0.15) is 13.2 Å². The second-order valence-electron chi connectivity index (χ2n) is 3.93. The van der Waals surface area contributed by atoms with Crippen molar-refractivity contribution in [3.05, 3.63) is 52.0 Å². The Hall–Kier alpha value is -1.59. The molecule has 2 aromatic rings. The van der Waals surface area contributed by atoms with E-state index < -0.39 is 11.7 Å². The van der Waals surface area contributed by atoms with Gasteiger partial charge in [0.25, 0.3) is 0 Å². The van der Waals surface area contributed by atoms with Crippen molar-refractivity contribution >= 4 is 28.9 Å². The Bertz CT molecular complexity index is 644. The monoisotopic (exact) mass is 321 g/mol. The van der Waals surface area contributed by atoms with Gasteiger partial charge >= 0.3 is 6.18 Å². The highest BCUT2D eigenvalue weighted by molar-refractivity contribution is 6.35. The molecule has 0 saturated carbocycles. The minimum absolute atomic E-state index is 0.0854. The molecule has 0 fully saturated rings. The zero-order chi connectivity index (χ0) is 14.9. The maximum Gasteiger partial charge on any atom is 0.416 e. The number of rotatable bonds is 2. The average molecular weight is 322 g/mol. The number of benzene rings is 2. The molecule has 0 aliphatic carbocycles. The summed E-state index contributed by atoms with van der Waals surface area (Å²) in [6, 6.07) is 7.33. The Morgan fingerprint density at radius 1 is 0.950 bits per heavy atom. The molecule has 2 rings (SSSR count). The fourth-order valence-corrected chi connectivity index (χ4v) is 1.94. The zero-order valence-corrected chi connectivity index (χ0v) is 11.4. The number of hydrogen-bond donors (Lipinski definition) is 1. The Kier molecular flexibility index (Phi) is 4.01. The highest BCUT2D eigenvalue weighted by Crippen LogP contribution is 2.37. The van der Waals surface area contributed by atoms with Gasteiger partial charge in [-0.1, -0.05) is 23.2 Å². The van der Waals surface area contributed by atoms with E-state index in [9.17, 15) is 13.2 Å². The molecular weight excluding hydrogens is 314 g/mol. The molecule has 0 aliphatic rings. The van der Waals surface area contributed by atoms with Crippen molar-refractivity contribution in [1.29, 1.82) is 0 Å². The molecule has 0 spiro atoms. The maximum absolute atomic E-state index is 12.5. The van der Waals surface area contributed by atoms with Crippen LogP contribution >= 0.6 is 23.2 Å². The molecule has 0 aliphatic heterocycles. The van der Waals surface area contributed by atoms with Crippen LogP contribution in [0.1, 0.15) is 5.56 Å². The third-order valence-corrected chi connectivity index (χ3v) is 2.98. The molecule has 0 atom stereocenters. The molecule has 0 bridgehead atoms. The predicted octanol–water partition coefficient (Wildman–Crippen LogP) is 5.39. The molecule has 0 saturated heterocycles. The molecule has 0 aromatic heterocycles. The van der Waals surface area contributed by atoms with E-state index in [4.69, 9.17) is 33.7 Å².